The lowest BCUT2D eigenvalue weighted by molar-refractivity contribution is 0.107. The number of halogens is 1. The highest BCUT2D eigenvalue weighted by Crippen LogP contribution is 2.29. The highest BCUT2D eigenvalue weighted by Gasteiger charge is 2.34. The van der Waals surface area contributed by atoms with E-state index in [1.165, 1.54) is 11.0 Å². The van der Waals surface area contributed by atoms with Crippen molar-refractivity contribution in [2.45, 2.75) is 6.10 Å². The average Bonchev–Trinajstić information content (AvgIpc) is 3.13. The molecule has 1 aromatic carbocycles. The predicted molar refractivity (Wildman–Crippen MR) is 113 cm³/mol. The van der Waals surface area contributed by atoms with Crippen molar-refractivity contribution in [2.24, 2.45) is 0 Å². The van der Waals surface area contributed by atoms with Gasteiger partial charge in [0.1, 0.15) is 18.5 Å². The molecule has 2 fully saturated rings. The second kappa shape index (κ2) is 8.67. The van der Waals surface area contributed by atoms with E-state index in [0.29, 0.717) is 24.5 Å². The molecule has 4 rings (SSSR count). The molecule has 1 unspecified atom stereocenters. The molecule has 0 radical (unpaired) electrons. The summed E-state index contributed by atoms with van der Waals surface area (Å²) < 4.78 is 46.9. The minimum atomic E-state index is -3.64. The van der Waals surface area contributed by atoms with Gasteiger partial charge in [-0.2, -0.15) is 8.42 Å². The molecule has 1 atom stereocenters. The lowest BCUT2D eigenvalue weighted by atomic mass is 10.2. The fourth-order valence-corrected chi connectivity index (χ4v) is 4.08. The summed E-state index contributed by atoms with van der Waals surface area (Å²) in [7, 11) is -3.64. The molecule has 2 aromatic rings. The minimum absolute atomic E-state index is 0.0803. The maximum Gasteiger partial charge on any atom is 0.414 e. The number of amides is 1. The molecule has 0 saturated carbocycles. The molecule has 11 heteroatoms. The molecule has 2 aliphatic rings. The fraction of sp³-hybridized carbons (Fsp3) is 0.400. The highest BCUT2D eigenvalue weighted by atomic mass is 32.2. The molecule has 31 heavy (non-hydrogen) atoms. The Kier molecular flexibility index (Phi) is 5.96. The quantitative estimate of drug-likeness (QED) is 0.616. The summed E-state index contributed by atoms with van der Waals surface area (Å²) in [5.41, 5.74) is 1.86. The van der Waals surface area contributed by atoms with Crippen LogP contribution in [0.5, 0.6) is 0 Å². The predicted octanol–water partition coefficient (Wildman–Crippen LogP) is 1.85. The summed E-state index contributed by atoms with van der Waals surface area (Å²) >= 11 is 0. The lowest BCUT2D eigenvalue weighted by Gasteiger charge is -2.37. The number of benzene rings is 1. The van der Waals surface area contributed by atoms with Crippen molar-refractivity contribution in [3.8, 4) is 0 Å². The van der Waals surface area contributed by atoms with Gasteiger partial charge in [-0.1, -0.05) is 0 Å². The van der Waals surface area contributed by atoms with Crippen LogP contribution in [0, 0.1) is 5.82 Å². The van der Waals surface area contributed by atoms with Crippen molar-refractivity contribution >= 4 is 33.3 Å². The first-order valence-corrected chi connectivity index (χ1v) is 11.6. The Labute approximate surface area is 180 Å². The molecule has 0 aliphatic carbocycles. The SMILES string of the molecule is CS(=O)(=O)OCC1CN(c2ccc(N3CCN(c4cccnc4)CC3)c(F)c2)C(=O)O1. The van der Waals surface area contributed by atoms with Gasteiger partial charge < -0.3 is 14.5 Å². The van der Waals surface area contributed by atoms with E-state index in [1.807, 2.05) is 23.2 Å². The molecular formula is C20H23FN4O5S. The maximum atomic E-state index is 14.9. The summed E-state index contributed by atoms with van der Waals surface area (Å²) in [6.07, 6.45) is 3.05. The number of hydrogen-bond donors (Lipinski definition) is 0. The van der Waals surface area contributed by atoms with Crippen LogP contribution in [-0.4, -0.2) is 71.2 Å². The molecule has 2 aliphatic heterocycles. The van der Waals surface area contributed by atoms with E-state index in [-0.39, 0.29) is 13.2 Å². The van der Waals surface area contributed by atoms with Gasteiger partial charge >= 0.3 is 6.09 Å². The highest BCUT2D eigenvalue weighted by molar-refractivity contribution is 7.85. The molecule has 1 amide bonds. The van der Waals surface area contributed by atoms with Crippen LogP contribution in [0.3, 0.4) is 0 Å². The summed E-state index contributed by atoms with van der Waals surface area (Å²) in [5, 5.41) is 0. The van der Waals surface area contributed by atoms with Gasteiger partial charge in [0.2, 0.25) is 0 Å². The first kappa shape index (κ1) is 21.3. The topological polar surface area (TPSA) is 92.3 Å². The number of piperazine rings is 1. The zero-order chi connectivity index (χ0) is 22.0. The van der Waals surface area contributed by atoms with Crippen LogP contribution in [0.15, 0.2) is 42.7 Å². The first-order valence-electron chi connectivity index (χ1n) is 9.82. The second-order valence-corrected chi connectivity index (χ2v) is 9.07. The molecule has 0 N–H and O–H groups in total. The number of aromatic nitrogens is 1. The van der Waals surface area contributed by atoms with Crippen molar-refractivity contribution in [3.05, 3.63) is 48.5 Å². The van der Waals surface area contributed by atoms with E-state index in [2.05, 4.69) is 14.1 Å². The standard InChI is InChI=1S/C20H23FN4O5S/c1-31(27,28)29-14-17-13-25(20(26)30-17)15-4-5-19(18(21)11-15)24-9-7-23(8-10-24)16-3-2-6-22-12-16/h2-6,11-12,17H,7-10,13-14H2,1H3. The van der Waals surface area contributed by atoms with Crippen molar-refractivity contribution in [3.63, 3.8) is 0 Å². The van der Waals surface area contributed by atoms with Crippen LogP contribution < -0.4 is 14.7 Å². The number of ether oxygens (including phenoxy) is 1. The zero-order valence-electron chi connectivity index (χ0n) is 17.0. The minimum Gasteiger partial charge on any atom is -0.441 e. The Morgan fingerprint density at radius 1 is 1.16 bits per heavy atom. The average molecular weight is 450 g/mol. The summed E-state index contributed by atoms with van der Waals surface area (Å²) in [4.78, 5) is 21.7. The van der Waals surface area contributed by atoms with Gasteiger partial charge in [0, 0.05) is 32.4 Å². The Bertz CT molecular complexity index is 1040. The van der Waals surface area contributed by atoms with E-state index < -0.39 is 28.1 Å². The largest absolute Gasteiger partial charge is 0.441 e. The second-order valence-electron chi connectivity index (χ2n) is 7.43. The van der Waals surface area contributed by atoms with E-state index >= 15 is 0 Å². The van der Waals surface area contributed by atoms with E-state index in [1.54, 1.807) is 18.3 Å². The van der Waals surface area contributed by atoms with Gasteiger partial charge in [0.25, 0.3) is 10.1 Å². The van der Waals surface area contributed by atoms with Crippen LogP contribution in [0.1, 0.15) is 0 Å². The van der Waals surface area contributed by atoms with Crippen LogP contribution in [0.25, 0.3) is 0 Å². The molecule has 0 spiro atoms. The molecule has 0 bridgehead atoms. The summed E-state index contributed by atoms with van der Waals surface area (Å²) in [6, 6.07) is 8.50. The Balaban J connectivity index is 1.39. The van der Waals surface area contributed by atoms with Crippen LogP contribution in [0.4, 0.5) is 26.2 Å². The third-order valence-corrected chi connectivity index (χ3v) is 5.78. The Hall–Kier alpha value is -2.92. The van der Waals surface area contributed by atoms with Crippen molar-refractivity contribution in [1.82, 2.24) is 4.98 Å². The Morgan fingerprint density at radius 3 is 2.55 bits per heavy atom. The third kappa shape index (κ3) is 5.05. The summed E-state index contributed by atoms with van der Waals surface area (Å²) in [5.74, 6) is -0.434. The van der Waals surface area contributed by atoms with Crippen LogP contribution in [0.2, 0.25) is 0 Å². The zero-order valence-corrected chi connectivity index (χ0v) is 17.8. The third-order valence-electron chi connectivity index (χ3n) is 5.22. The number of pyridine rings is 1. The molecule has 1 aromatic heterocycles. The van der Waals surface area contributed by atoms with E-state index in [0.717, 1.165) is 25.0 Å². The molecular weight excluding hydrogens is 427 g/mol. The maximum absolute atomic E-state index is 14.9. The van der Waals surface area contributed by atoms with Gasteiger partial charge in [0.05, 0.1) is 36.1 Å². The van der Waals surface area contributed by atoms with E-state index in [9.17, 15) is 17.6 Å². The molecule has 3 heterocycles. The molecule has 9 nitrogen and oxygen atoms in total. The van der Waals surface area contributed by atoms with Crippen molar-refractivity contribution in [1.29, 1.82) is 0 Å². The first-order chi connectivity index (χ1) is 14.8. The number of anilines is 3. The van der Waals surface area contributed by atoms with E-state index in [4.69, 9.17) is 4.74 Å². The monoisotopic (exact) mass is 450 g/mol. The number of carbonyl (C=O) groups is 1. The van der Waals surface area contributed by atoms with Crippen molar-refractivity contribution in [2.75, 3.05) is 60.3 Å². The Morgan fingerprint density at radius 2 is 1.90 bits per heavy atom. The molecule has 2 saturated heterocycles. The van der Waals surface area contributed by atoms with Gasteiger partial charge in [-0.05, 0) is 30.3 Å². The number of nitrogens with zero attached hydrogens (tertiary/aromatic N) is 4. The van der Waals surface area contributed by atoms with Crippen LogP contribution in [-0.2, 0) is 19.0 Å². The number of cyclic esters (lactones) is 1. The lowest BCUT2D eigenvalue weighted by Crippen LogP contribution is -2.46. The number of hydrogen-bond acceptors (Lipinski definition) is 8. The van der Waals surface area contributed by atoms with Gasteiger partial charge in [-0.15, -0.1) is 0 Å². The number of rotatable bonds is 6. The van der Waals surface area contributed by atoms with Crippen molar-refractivity contribution < 1.29 is 26.5 Å². The molecule has 166 valence electrons. The summed E-state index contributed by atoms with van der Waals surface area (Å²) in [6.45, 7) is 2.60. The van der Waals surface area contributed by atoms with Crippen LogP contribution >= 0.6 is 0 Å². The van der Waals surface area contributed by atoms with Gasteiger partial charge in [-0.3, -0.25) is 14.1 Å². The normalized spacial score (nSPS) is 19.6. The smallest absolute Gasteiger partial charge is 0.414 e. The number of carbonyl (C=O) groups excluding carboxylic acids is 1. The fourth-order valence-electron chi connectivity index (χ4n) is 3.69. The van der Waals surface area contributed by atoms with Gasteiger partial charge in [-0.25, -0.2) is 9.18 Å². The van der Waals surface area contributed by atoms with Gasteiger partial charge in [0.15, 0.2) is 0 Å².